The number of rotatable bonds is 6. The van der Waals surface area contributed by atoms with Crippen LogP contribution in [0.1, 0.15) is 17.4 Å². The largest absolute Gasteiger partial charge is 0.481 e. The van der Waals surface area contributed by atoms with Crippen LogP contribution in [0, 0.1) is 0 Å². The van der Waals surface area contributed by atoms with Gasteiger partial charge in [0.05, 0.1) is 11.9 Å². The van der Waals surface area contributed by atoms with Crippen LogP contribution in [0.3, 0.4) is 0 Å². The van der Waals surface area contributed by atoms with Crippen molar-refractivity contribution in [1.82, 2.24) is 4.98 Å². The van der Waals surface area contributed by atoms with E-state index >= 15 is 0 Å². The number of aliphatic hydroxyl groups excluding tert-OH is 1. The molecule has 0 radical (unpaired) electrons. The van der Waals surface area contributed by atoms with E-state index < -0.39 is 12.3 Å². The first-order valence-corrected chi connectivity index (χ1v) is 10.2. The average molecular weight is 454 g/mol. The molecular weight excluding hydrogens is 437 g/mol. The fourth-order valence-corrected chi connectivity index (χ4v) is 3.61. The number of fused-ring (bicyclic) bond motifs is 1. The Hall–Kier alpha value is -3.12. The van der Waals surface area contributed by atoms with Crippen molar-refractivity contribution in [2.75, 3.05) is 0 Å². The number of benzene rings is 3. The Bertz CT molecular complexity index is 1260. The van der Waals surface area contributed by atoms with Gasteiger partial charge in [0.1, 0.15) is 0 Å². The highest BCUT2D eigenvalue weighted by Crippen LogP contribution is 2.34. The number of carboxylic acids is 1. The third-order valence-electron chi connectivity index (χ3n) is 4.73. The van der Waals surface area contributed by atoms with Crippen LogP contribution in [0.25, 0.3) is 22.0 Å². The number of halogens is 2. The Morgan fingerprint density at radius 2 is 1.74 bits per heavy atom. The van der Waals surface area contributed by atoms with Crippen molar-refractivity contribution in [3.63, 3.8) is 0 Å². The maximum absolute atomic E-state index is 11.1. The van der Waals surface area contributed by atoms with E-state index in [-0.39, 0.29) is 12.3 Å². The van der Waals surface area contributed by atoms with Gasteiger partial charge in [0.25, 0.3) is 0 Å². The lowest BCUT2D eigenvalue weighted by Gasteiger charge is -2.16. The van der Waals surface area contributed by atoms with Crippen molar-refractivity contribution < 1.29 is 19.7 Å². The molecule has 0 bridgehead atoms. The number of nitrogens with zero attached hydrogens (tertiary/aromatic N) is 1. The molecule has 0 aliphatic heterocycles. The van der Waals surface area contributed by atoms with Gasteiger partial charge in [-0.3, -0.25) is 4.79 Å². The summed E-state index contributed by atoms with van der Waals surface area (Å²) in [5.41, 5.74) is 3.37. The molecule has 156 valence electrons. The van der Waals surface area contributed by atoms with Crippen molar-refractivity contribution in [3.05, 3.63) is 94.0 Å². The monoisotopic (exact) mass is 453 g/mol. The SMILES string of the molecule is O=C(O)Cc1ccc2nc(OC(O)c3ccc(Cl)cc3)cc(-c3cccc(Cl)c3)c2c1. The molecule has 4 rings (SSSR count). The van der Waals surface area contributed by atoms with Crippen LogP contribution in [-0.4, -0.2) is 21.2 Å². The Labute approximate surface area is 188 Å². The average Bonchev–Trinajstić information content (AvgIpc) is 2.73. The molecule has 4 aromatic rings. The quantitative estimate of drug-likeness (QED) is 0.355. The maximum atomic E-state index is 11.1. The van der Waals surface area contributed by atoms with Crippen LogP contribution in [0.2, 0.25) is 10.0 Å². The summed E-state index contributed by atoms with van der Waals surface area (Å²) in [6.45, 7) is 0. The second-order valence-electron chi connectivity index (χ2n) is 6.96. The van der Waals surface area contributed by atoms with Crippen LogP contribution in [0.4, 0.5) is 0 Å². The lowest BCUT2D eigenvalue weighted by Crippen LogP contribution is -2.07. The zero-order valence-electron chi connectivity index (χ0n) is 16.1. The van der Waals surface area contributed by atoms with Gasteiger partial charge in [0, 0.05) is 27.1 Å². The molecule has 1 aromatic heterocycles. The highest BCUT2D eigenvalue weighted by molar-refractivity contribution is 6.31. The fourth-order valence-electron chi connectivity index (χ4n) is 3.30. The molecule has 0 aliphatic rings. The van der Waals surface area contributed by atoms with Gasteiger partial charge in [0.15, 0.2) is 0 Å². The molecule has 0 amide bonds. The van der Waals surface area contributed by atoms with E-state index in [0.717, 1.165) is 16.5 Å². The Morgan fingerprint density at radius 1 is 0.968 bits per heavy atom. The van der Waals surface area contributed by atoms with E-state index in [1.54, 1.807) is 60.7 Å². The molecule has 0 saturated carbocycles. The summed E-state index contributed by atoms with van der Waals surface area (Å²) in [5.74, 6) is -0.696. The summed E-state index contributed by atoms with van der Waals surface area (Å²) in [7, 11) is 0. The first kappa shape index (κ1) is 21.1. The van der Waals surface area contributed by atoms with E-state index in [4.69, 9.17) is 33.0 Å². The van der Waals surface area contributed by atoms with Gasteiger partial charge in [-0.25, -0.2) is 4.98 Å². The first-order valence-electron chi connectivity index (χ1n) is 9.40. The molecule has 7 heteroatoms. The van der Waals surface area contributed by atoms with Crippen LogP contribution >= 0.6 is 23.2 Å². The van der Waals surface area contributed by atoms with Crippen molar-refractivity contribution in [1.29, 1.82) is 0 Å². The van der Waals surface area contributed by atoms with E-state index in [1.165, 1.54) is 0 Å². The number of aliphatic hydroxyl groups is 1. The number of carboxylic acid groups (broad SMARTS) is 1. The molecule has 1 unspecified atom stereocenters. The molecule has 0 fully saturated rings. The topological polar surface area (TPSA) is 79.7 Å². The predicted octanol–water partition coefficient (Wildman–Crippen LogP) is 5.91. The van der Waals surface area contributed by atoms with Gasteiger partial charge in [-0.1, -0.05) is 53.5 Å². The maximum Gasteiger partial charge on any atom is 0.307 e. The van der Waals surface area contributed by atoms with Gasteiger partial charge < -0.3 is 14.9 Å². The van der Waals surface area contributed by atoms with Gasteiger partial charge in [-0.15, -0.1) is 0 Å². The summed E-state index contributed by atoms with van der Waals surface area (Å²) in [5, 5.41) is 21.5. The smallest absolute Gasteiger partial charge is 0.307 e. The summed E-state index contributed by atoms with van der Waals surface area (Å²) < 4.78 is 5.71. The van der Waals surface area contributed by atoms with Crippen molar-refractivity contribution in [2.45, 2.75) is 12.7 Å². The Morgan fingerprint density at radius 3 is 2.45 bits per heavy atom. The highest BCUT2D eigenvalue weighted by Gasteiger charge is 2.15. The van der Waals surface area contributed by atoms with Gasteiger partial charge >= 0.3 is 5.97 Å². The molecule has 0 aliphatic carbocycles. The number of aliphatic carboxylic acids is 1. The summed E-state index contributed by atoms with van der Waals surface area (Å²) in [6, 6.07) is 20.9. The summed E-state index contributed by atoms with van der Waals surface area (Å²) in [4.78, 5) is 15.6. The summed E-state index contributed by atoms with van der Waals surface area (Å²) >= 11 is 12.1. The lowest BCUT2D eigenvalue weighted by molar-refractivity contribution is -0.136. The first-order chi connectivity index (χ1) is 14.9. The number of pyridine rings is 1. The molecule has 1 heterocycles. The van der Waals surface area contributed by atoms with Crippen molar-refractivity contribution in [2.24, 2.45) is 0 Å². The minimum atomic E-state index is -1.24. The second-order valence-corrected chi connectivity index (χ2v) is 7.84. The molecule has 31 heavy (non-hydrogen) atoms. The molecule has 0 saturated heterocycles. The Balaban J connectivity index is 1.80. The van der Waals surface area contributed by atoms with Gasteiger partial charge in [-0.05, 0) is 53.1 Å². The standard InChI is InChI=1S/C24H17Cl2NO4/c25-17-7-5-15(6-8-17)24(30)31-22-13-19(16-2-1-3-18(26)12-16)20-10-14(11-23(28)29)4-9-21(20)27-22/h1-10,12-13,24,30H,11H2,(H,28,29). The molecule has 5 nitrogen and oxygen atoms in total. The number of aromatic nitrogens is 1. The number of hydrogen-bond donors (Lipinski definition) is 2. The van der Waals surface area contributed by atoms with Crippen molar-refractivity contribution in [3.8, 4) is 17.0 Å². The predicted molar refractivity (Wildman–Crippen MR) is 121 cm³/mol. The normalized spacial score (nSPS) is 12.0. The minimum absolute atomic E-state index is 0.0988. The zero-order valence-corrected chi connectivity index (χ0v) is 17.6. The van der Waals surface area contributed by atoms with E-state index in [1.807, 2.05) is 12.1 Å². The molecule has 2 N–H and O–H groups in total. The number of ether oxygens (including phenoxy) is 1. The van der Waals surface area contributed by atoms with Crippen LogP contribution in [0.15, 0.2) is 72.8 Å². The number of carbonyl (C=O) groups is 1. The molecular formula is C24H17Cl2NO4. The van der Waals surface area contributed by atoms with E-state index in [2.05, 4.69) is 4.98 Å². The van der Waals surface area contributed by atoms with E-state index in [9.17, 15) is 9.90 Å². The third kappa shape index (κ3) is 4.97. The van der Waals surface area contributed by atoms with Crippen LogP contribution in [0.5, 0.6) is 5.88 Å². The lowest BCUT2D eigenvalue weighted by atomic mass is 9.99. The second kappa shape index (κ2) is 8.94. The summed E-state index contributed by atoms with van der Waals surface area (Å²) in [6.07, 6.45) is -1.33. The Kier molecular flexibility index (Phi) is 6.09. The van der Waals surface area contributed by atoms with E-state index in [0.29, 0.717) is 26.7 Å². The minimum Gasteiger partial charge on any atom is -0.481 e. The van der Waals surface area contributed by atoms with Crippen molar-refractivity contribution >= 4 is 40.1 Å². The zero-order chi connectivity index (χ0) is 22.0. The van der Waals surface area contributed by atoms with Crippen LogP contribution in [-0.2, 0) is 11.2 Å². The fraction of sp³-hybridized carbons (Fsp3) is 0.0833. The number of hydrogen-bond acceptors (Lipinski definition) is 4. The van der Waals surface area contributed by atoms with Gasteiger partial charge in [-0.2, -0.15) is 0 Å². The molecule has 3 aromatic carbocycles. The highest BCUT2D eigenvalue weighted by atomic mass is 35.5. The molecule has 1 atom stereocenters. The van der Waals surface area contributed by atoms with Crippen LogP contribution < -0.4 is 4.74 Å². The third-order valence-corrected chi connectivity index (χ3v) is 5.22. The van der Waals surface area contributed by atoms with Gasteiger partial charge in [0.2, 0.25) is 12.2 Å². The molecule has 0 spiro atoms.